The highest BCUT2D eigenvalue weighted by atomic mass is 16.3. The van der Waals surface area contributed by atoms with Crippen LogP contribution in [0.15, 0.2) is 18.5 Å². The summed E-state index contributed by atoms with van der Waals surface area (Å²) in [7, 11) is 0. The van der Waals surface area contributed by atoms with Crippen molar-refractivity contribution in [1.29, 1.82) is 0 Å². The summed E-state index contributed by atoms with van der Waals surface area (Å²) in [5.41, 5.74) is 5.70. The van der Waals surface area contributed by atoms with Crippen LogP contribution in [0.2, 0.25) is 0 Å². The molecule has 4 heteroatoms. The van der Waals surface area contributed by atoms with Crippen molar-refractivity contribution in [2.75, 3.05) is 6.61 Å². The van der Waals surface area contributed by atoms with E-state index in [1.165, 1.54) is 0 Å². The second-order valence-corrected chi connectivity index (χ2v) is 2.83. The monoisotopic (exact) mass is 169 g/mol. The smallest absolute Gasteiger partial charge is 0.0489 e. The van der Waals surface area contributed by atoms with Gasteiger partial charge in [0.2, 0.25) is 0 Å². The van der Waals surface area contributed by atoms with Gasteiger partial charge in [-0.2, -0.15) is 5.10 Å². The molecule has 12 heavy (non-hydrogen) atoms. The minimum absolute atomic E-state index is 0.0826. The SMILES string of the molecule is NC(CCO)CCn1cccn1. The molecule has 0 bridgehead atoms. The molecule has 1 aromatic rings. The van der Waals surface area contributed by atoms with E-state index in [1.807, 2.05) is 16.9 Å². The topological polar surface area (TPSA) is 64.1 Å². The van der Waals surface area contributed by atoms with Crippen LogP contribution in [0.1, 0.15) is 12.8 Å². The van der Waals surface area contributed by atoms with Gasteiger partial charge in [0.1, 0.15) is 0 Å². The normalized spacial score (nSPS) is 13.2. The fourth-order valence-corrected chi connectivity index (χ4v) is 1.04. The molecule has 3 N–H and O–H groups in total. The van der Waals surface area contributed by atoms with Gasteiger partial charge in [0.05, 0.1) is 0 Å². The van der Waals surface area contributed by atoms with Gasteiger partial charge in [-0.1, -0.05) is 0 Å². The summed E-state index contributed by atoms with van der Waals surface area (Å²) >= 11 is 0. The molecule has 1 atom stereocenters. The zero-order valence-corrected chi connectivity index (χ0v) is 7.06. The first-order valence-corrected chi connectivity index (χ1v) is 4.17. The summed E-state index contributed by atoms with van der Waals surface area (Å²) in [6.45, 7) is 0.994. The summed E-state index contributed by atoms with van der Waals surface area (Å²) in [5.74, 6) is 0. The van der Waals surface area contributed by atoms with Crippen LogP contribution in [-0.2, 0) is 6.54 Å². The van der Waals surface area contributed by atoms with Gasteiger partial charge in [0.15, 0.2) is 0 Å². The maximum absolute atomic E-state index is 8.59. The molecule has 0 aliphatic heterocycles. The van der Waals surface area contributed by atoms with Crippen LogP contribution in [0.5, 0.6) is 0 Å². The maximum atomic E-state index is 8.59. The molecule has 0 aromatic carbocycles. The average molecular weight is 169 g/mol. The number of hydrogen-bond acceptors (Lipinski definition) is 3. The molecule has 4 nitrogen and oxygen atoms in total. The lowest BCUT2D eigenvalue weighted by atomic mass is 10.1. The van der Waals surface area contributed by atoms with E-state index in [0.29, 0.717) is 6.42 Å². The first-order valence-electron chi connectivity index (χ1n) is 4.17. The fraction of sp³-hybridized carbons (Fsp3) is 0.625. The Labute approximate surface area is 72.0 Å². The van der Waals surface area contributed by atoms with Crippen LogP contribution in [0, 0.1) is 0 Å². The second kappa shape index (κ2) is 4.90. The third-order valence-electron chi connectivity index (χ3n) is 1.79. The maximum Gasteiger partial charge on any atom is 0.0489 e. The first kappa shape index (κ1) is 9.22. The van der Waals surface area contributed by atoms with Gasteiger partial charge in [-0.05, 0) is 18.9 Å². The van der Waals surface area contributed by atoms with Crippen molar-refractivity contribution >= 4 is 0 Å². The number of nitrogens with zero attached hydrogens (tertiary/aromatic N) is 2. The van der Waals surface area contributed by atoms with E-state index in [0.717, 1.165) is 13.0 Å². The molecule has 0 radical (unpaired) electrons. The van der Waals surface area contributed by atoms with Crippen molar-refractivity contribution in [1.82, 2.24) is 9.78 Å². The molecule has 1 aromatic heterocycles. The number of hydrogen-bond donors (Lipinski definition) is 2. The Kier molecular flexibility index (Phi) is 3.76. The predicted molar refractivity (Wildman–Crippen MR) is 46.5 cm³/mol. The lowest BCUT2D eigenvalue weighted by molar-refractivity contribution is 0.270. The molecular formula is C8H15N3O. The minimum atomic E-state index is 0.0826. The molecule has 0 spiro atoms. The van der Waals surface area contributed by atoms with Crippen molar-refractivity contribution < 1.29 is 5.11 Å². The number of aryl methyl sites for hydroxylation is 1. The van der Waals surface area contributed by atoms with Crippen LogP contribution < -0.4 is 5.73 Å². The Hall–Kier alpha value is -0.870. The number of aliphatic hydroxyl groups is 1. The molecule has 0 aliphatic rings. The lowest BCUT2D eigenvalue weighted by Crippen LogP contribution is -2.23. The Morgan fingerprint density at radius 2 is 2.33 bits per heavy atom. The Morgan fingerprint density at radius 3 is 2.92 bits per heavy atom. The van der Waals surface area contributed by atoms with Crippen molar-refractivity contribution in [2.45, 2.75) is 25.4 Å². The molecule has 0 fully saturated rings. The van der Waals surface area contributed by atoms with Crippen LogP contribution in [-0.4, -0.2) is 27.5 Å². The van der Waals surface area contributed by atoms with Crippen molar-refractivity contribution in [3.05, 3.63) is 18.5 Å². The lowest BCUT2D eigenvalue weighted by Gasteiger charge is -2.08. The number of aromatic nitrogens is 2. The molecule has 1 heterocycles. The Morgan fingerprint density at radius 1 is 1.50 bits per heavy atom. The molecule has 0 saturated carbocycles. The van der Waals surface area contributed by atoms with Crippen molar-refractivity contribution in [3.63, 3.8) is 0 Å². The average Bonchev–Trinajstić information content (AvgIpc) is 2.53. The fourth-order valence-electron chi connectivity index (χ4n) is 1.04. The van der Waals surface area contributed by atoms with Gasteiger partial charge < -0.3 is 10.8 Å². The van der Waals surface area contributed by atoms with E-state index in [2.05, 4.69) is 5.10 Å². The van der Waals surface area contributed by atoms with Crippen LogP contribution in [0.4, 0.5) is 0 Å². The largest absolute Gasteiger partial charge is 0.396 e. The minimum Gasteiger partial charge on any atom is -0.396 e. The van der Waals surface area contributed by atoms with E-state index in [-0.39, 0.29) is 12.6 Å². The number of nitrogens with two attached hydrogens (primary N) is 1. The highest BCUT2D eigenvalue weighted by molar-refractivity contribution is 4.78. The van der Waals surface area contributed by atoms with Crippen molar-refractivity contribution in [2.24, 2.45) is 5.73 Å². The van der Waals surface area contributed by atoms with E-state index < -0.39 is 0 Å². The summed E-state index contributed by atoms with van der Waals surface area (Å²) in [4.78, 5) is 0. The summed E-state index contributed by atoms with van der Waals surface area (Å²) in [6.07, 6.45) is 5.19. The molecule has 1 rings (SSSR count). The highest BCUT2D eigenvalue weighted by Crippen LogP contribution is 1.96. The quantitative estimate of drug-likeness (QED) is 0.651. The highest BCUT2D eigenvalue weighted by Gasteiger charge is 2.01. The first-order chi connectivity index (χ1) is 5.83. The standard InChI is InChI=1S/C8H15N3O/c9-8(3-7-12)2-6-11-5-1-4-10-11/h1,4-5,8,12H,2-3,6-7,9H2. The van der Waals surface area contributed by atoms with Crippen LogP contribution >= 0.6 is 0 Å². The van der Waals surface area contributed by atoms with Crippen LogP contribution in [0.25, 0.3) is 0 Å². The van der Waals surface area contributed by atoms with Crippen molar-refractivity contribution in [3.8, 4) is 0 Å². The zero-order valence-electron chi connectivity index (χ0n) is 7.06. The molecule has 68 valence electrons. The van der Waals surface area contributed by atoms with Gasteiger partial charge >= 0.3 is 0 Å². The van der Waals surface area contributed by atoms with E-state index in [4.69, 9.17) is 10.8 Å². The predicted octanol–water partition coefficient (Wildman–Crippen LogP) is -0.0171. The van der Waals surface area contributed by atoms with Crippen LogP contribution in [0.3, 0.4) is 0 Å². The third kappa shape index (κ3) is 3.02. The van der Waals surface area contributed by atoms with Gasteiger partial charge in [-0.3, -0.25) is 4.68 Å². The van der Waals surface area contributed by atoms with Gasteiger partial charge in [0, 0.05) is 31.6 Å². The zero-order chi connectivity index (χ0) is 8.81. The second-order valence-electron chi connectivity index (χ2n) is 2.83. The summed E-state index contributed by atoms with van der Waals surface area (Å²) in [6, 6.07) is 1.97. The molecule has 0 saturated heterocycles. The van der Waals surface area contributed by atoms with E-state index >= 15 is 0 Å². The third-order valence-corrected chi connectivity index (χ3v) is 1.79. The van der Waals surface area contributed by atoms with Gasteiger partial charge in [-0.25, -0.2) is 0 Å². The molecular weight excluding hydrogens is 154 g/mol. The summed E-state index contributed by atoms with van der Waals surface area (Å²) in [5, 5.41) is 12.6. The molecule has 0 aliphatic carbocycles. The Balaban J connectivity index is 2.17. The van der Waals surface area contributed by atoms with Gasteiger partial charge in [0.25, 0.3) is 0 Å². The molecule has 1 unspecified atom stereocenters. The Bertz CT molecular complexity index is 198. The number of rotatable bonds is 5. The van der Waals surface area contributed by atoms with Gasteiger partial charge in [-0.15, -0.1) is 0 Å². The van der Waals surface area contributed by atoms with E-state index in [1.54, 1.807) is 6.20 Å². The van der Waals surface area contributed by atoms with E-state index in [9.17, 15) is 0 Å². The number of aliphatic hydroxyl groups excluding tert-OH is 1. The summed E-state index contributed by atoms with van der Waals surface area (Å²) < 4.78 is 1.84. The molecule has 0 amide bonds.